The van der Waals surface area contributed by atoms with Crippen LogP contribution in [0.15, 0.2) is 6.20 Å². The first-order valence-corrected chi connectivity index (χ1v) is 5.95. The second-order valence-corrected chi connectivity index (χ2v) is 5.30. The molecule has 0 amide bonds. The first kappa shape index (κ1) is 9.84. The van der Waals surface area contributed by atoms with E-state index in [-0.39, 0.29) is 5.78 Å². The molecule has 0 radical (unpaired) electrons. The molecule has 0 aliphatic heterocycles. The van der Waals surface area contributed by atoms with Crippen LogP contribution in [0, 0.1) is 5.92 Å². The summed E-state index contributed by atoms with van der Waals surface area (Å²) in [6.45, 7) is 3.90. The molecule has 0 saturated heterocycles. The summed E-state index contributed by atoms with van der Waals surface area (Å²) >= 11 is 1.58. The highest BCUT2D eigenvalue weighted by Crippen LogP contribution is 2.39. The van der Waals surface area contributed by atoms with E-state index >= 15 is 0 Å². The van der Waals surface area contributed by atoms with E-state index in [0.717, 1.165) is 10.8 Å². The average Bonchev–Trinajstić information content (AvgIpc) is 2.70. The Morgan fingerprint density at radius 3 is 2.86 bits per heavy atom. The maximum Gasteiger partial charge on any atom is 0.171 e. The summed E-state index contributed by atoms with van der Waals surface area (Å²) in [5.74, 6) is 1.58. The fourth-order valence-electron chi connectivity index (χ4n) is 2.07. The molecule has 1 aromatic heterocycles. The van der Waals surface area contributed by atoms with Crippen LogP contribution in [-0.2, 0) is 0 Å². The smallest absolute Gasteiger partial charge is 0.171 e. The Bertz CT molecular complexity index is 345. The molecule has 1 fully saturated rings. The molecule has 1 heterocycles. The van der Waals surface area contributed by atoms with Crippen LogP contribution in [0.5, 0.6) is 0 Å². The Balaban J connectivity index is 2.13. The highest BCUT2D eigenvalue weighted by molar-refractivity contribution is 7.13. The van der Waals surface area contributed by atoms with Gasteiger partial charge in [-0.15, -0.1) is 11.3 Å². The van der Waals surface area contributed by atoms with Crippen molar-refractivity contribution in [3.8, 4) is 0 Å². The largest absolute Gasteiger partial charge is 0.294 e. The third-order valence-electron chi connectivity index (χ3n) is 2.91. The van der Waals surface area contributed by atoms with Gasteiger partial charge in [-0.05, 0) is 18.8 Å². The van der Waals surface area contributed by atoms with Gasteiger partial charge < -0.3 is 0 Å². The predicted molar refractivity (Wildman–Crippen MR) is 57.9 cm³/mol. The minimum atomic E-state index is 0.139. The topological polar surface area (TPSA) is 30.0 Å². The van der Waals surface area contributed by atoms with Gasteiger partial charge >= 0.3 is 0 Å². The van der Waals surface area contributed by atoms with Gasteiger partial charge in [0.25, 0.3) is 0 Å². The zero-order chi connectivity index (χ0) is 10.1. The SMILES string of the molecule is CC(=O)c1cnc(C2CCC(C)C2)s1. The average molecular weight is 209 g/mol. The number of carbonyl (C=O) groups excluding carboxylic acids is 1. The van der Waals surface area contributed by atoms with E-state index in [4.69, 9.17) is 0 Å². The minimum Gasteiger partial charge on any atom is -0.294 e. The lowest BCUT2D eigenvalue weighted by Gasteiger charge is -2.03. The highest BCUT2D eigenvalue weighted by atomic mass is 32.1. The summed E-state index contributed by atoms with van der Waals surface area (Å²) in [6, 6.07) is 0. The van der Waals surface area contributed by atoms with Crippen molar-refractivity contribution in [2.75, 3.05) is 0 Å². The fourth-order valence-corrected chi connectivity index (χ4v) is 3.03. The third-order valence-corrected chi connectivity index (χ3v) is 4.18. The molecular weight excluding hydrogens is 194 g/mol. The number of rotatable bonds is 2. The Morgan fingerprint density at radius 1 is 1.57 bits per heavy atom. The Hall–Kier alpha value is -0.700. The Labute approximate surface area is 88.4 Å². The van der Waals surface area contributed by atoms with Crippen molar-refractivity contribution in [1.29, 1.82) is 0 Å². The van der Waals surface area contributed by atoms with E-state index in [9.17, 15) is 4.79 Å². The van der Waals surface area contributed by atoms with E-state index < -0.39 is 0 Å². The maximum absolute atomic E-state index is 11.1. The number of aromatic nitrogens is 1. The summed E-state index contributed by atoms with van der Waals surface area (Å²) < 4.78 is 0. The molecule has 2 rings (SSSR count). The zero-order valence-corrected chi connectivity index (χ0v) is 9.43. The molecule has 1 saturated carbocycles. The Kier molecular flexibility index (Phi) is 2.68. The molecule has 0 aromatic carbocycles. The number of Topliss-reactive ketones (excluding diaryl/α,β-unsaturated/α-hetero) is 1. The number of nitrogens with zero attached hydrogens (tertiary/aromatic N) is 1. The molecule has 2 nitrogen and oxygen atoms in total. The summed E-state index contributed by atoms with van der Waals surface area (Å²) in [7, 11) is 0. The first-order chi connectivity index (χ1) is 6.66. The maximum atomic E-state index is 11.1. The van der Waals surface area contributed by atoms with Crippen molar-refractivity contribution >= 4 is 17.1 Å². The summed E-state index contributed by atoms with van der Waals surface area (Å²) in [5.41, 5.74) is 0. The van der Waals surface area contributed by atoms with E-state index in [0.29, 0.717) is 5.92 Å². The zero-order valence-electron chi connectivity index (χ0n) is 8.62. The lowest BCUT2D eigenvalue weighted by Crippen LogP contribution is -1.91. The molecule has 0 N–H and O–H groups in total. The molecule has 3 heteroatoms. The van der Waals surface area contributed by atoms with Crippen LogP contribution < -0.4 is 0 Å². The number of thiazole rings is 1. The van der Waals surface area contributed by atoms with Gasteiger partial charge in [-0.3, -0.25) is 4.79 Å². The second-order valence-electron chi connectivity index (χ2n) is 4.23. The van der Waals surface area contributed by atoms with Crippen molar-refractivity contribution in [2.24, 2.45) is 5.92 Å². The number of hydrogen-bond acceptors (Lipinski definition) is 3. The standard InChI is InChI=1S/C11H15NOS/c1-7-3-4-9(5-7)11-12-6-10(14-11)8(2)13/h6-7,9H,3-5H2,1-2H3. The van der Waals surface area contributed by atoms with E-state index in [1.807, 2.05) is 0 Å². The lowest BCUT2D eigenvalue weighted by atomic mass is 10.1. The molecule has 2 atom stereocenters. The summed E-state index contributed by atoms with van der Waals surface area (Å²) in [6.07, 6.45) is 5.52. The minimum absolute atomic E-state index is 0.139. The van der Waals surface area contributed by atoms with Crippen LogP contribution in [0.1, 0.15) is 53.7 Å². The van der Waals surface area contributed by atoms with Gasteiger partial charge in [-0.1, -0.05) is 13.3 Å². The van der Waals surface area contributed by atoms with E-state index in [1.54, 1.807) is 24.5 Å². The van der Waals surface area contributed by atoms with Crippen LogP contribution in [0.3, 0.4) is 0 Å². The fraction of sp³-hybridized carbons (Fsp3) is 0.636. The van der Waals surface area contributed by atoms with Crippen LogP contribution >= 0.6 is 11.3 Å². The van der Waals surface area contributed by atoms with Gasteiger partial charge in [0.05, 0.1) is 9.88 Å². The summed E-state index contributed by atoms with van der Waals surface area (Å²) in [5, 5.41) is 1.17. The molecule has 2 unspecified atom stereocenters. The molecule has 0 spiro atoms. The molecule has 1 aromatic rings. The Morgan fingerprint density at radius 2 is 2.36 bits per heavy atom. The van der Waals surface area contributed by atoms with Crippen LogP contribution in [-0.4, -0.2) is 10.8 Å². The van der Waals surface area contributed by atoms with Gasteiger partial charge in [0, 0.05) is 19.0 Å². The van der Waals surface area contributed by atoms with Crippen molar-refractivity contribution in [1.82, 2.24) is 4.98 Å². The first-order valence-electron chi connectivity index (χ1n) is 5.13. The molecule has 14 heavy (non-hydrogen) atoms. The number of carbonyl (C=O) groups is 1. The van der Waals surface area contributed by atoms with Gasteiger partial charge in [0.1, 0.15) is 0 Å². The molecule has 76 valence electrons. The van der Waals surface area contributed by atoms with Gasteiger partial charge in [0.15, 0.2) is 5.78 Å². The van der Waals surface area contributed by atoms with Crippen molar-refractivity contribution < 1.29 is 4.79 Å². The van der Waals surface area contributed by atoms with Gasteiger partial charge in [-0.2, -0.15) is 0 Å². The van der Waals surface area contributed by atoms with Gasteiger partial charge in [0.2, 0.25) is 0 Å². The third kappa shape index (κ3) is 1.87. The van der Waals surface area contributed by atoms with Crippen LogP contribution in [0.2, 0.25) is 0 Å². The molecule has 0 bridgehead atoms. The van der Waals surface area contributed by atoms with Crippen molar-refractivity contribution in [3.05, 3.63) is 16.1 Å². The van der Waals surface area contributed by atoms with Crippen LogP contribution in [0.25, 0.3) is 0 Å². The second kappa shape index (κ2) is 3.81. The summed E-state index contributed by atoms with van der Waals surface area (Å²) in [4.78, 5) is 16.3. The quantitative estimate of drug-likeness (QED) is 0.700. The predicted octanol–water partition coefficient (Wildman–Crippen LogP) is 3.25. The van der Waals surface area contributed by atoms with Crippen LogP contribution in [0.4, 0.5) is 0 Å². The number of ketones is 1. The monoisotopic (exact) mass is 209 g/mol. The van der Waals surface area contributed by atoms with Crippen molar-refractivity contribution in [3.63, 3.8) is 0 Å². The van der Waals surface area contributed by atoms with Crippen molar-refractivity contribution in [2.45, 2.75) is 39.0 Å². The molecule has 1 aliphatic carbocycles. The van der Waals surface area contributed by atoms with E-state index in [2.05, 4.69) is 11.9 Å². The lowest BCUT2D eigenvalue weighted by molar-refractivity contribution is 0.102. The normalized spacial score (nSPS) is 26.7. The van der Waals surface area contributed by atoms with E-state index in [1.165, 1.54) is 24.3 Å². The molecule has 1 aliphatic rings. The van der Waals surface area contributed by atoms with Gasteiger partial charge in [-0.25, -0.2) is 4.98 Å². The molecular formula is C11H15NOS. The number of hydrogen-bond donors (Lipinski definition) is 0. The highest BCUT2D eigenvalue weighted by Gasteiger charge is 2.25.